The second-order valence-corrected chi connectivity index (χ2v) is 5.90. The molecule has 1 aromatic rings. The normalized spacial score (nSPS) is 13.9. The molecule has 17 heavy (non-hydrogen) atoms. The van der Waals surface area contributed by atoms with Crippen LogP contribution in [0.25, 0.3) is 0 Å². The quantitative estimate of drug-likeness (QED) is 0.822. The summed E-state index contributed by atoms with van der Waals surface area (Å²) in [5.74, 6) is 0. The van der Waals surface area contributed by atoms with Gasteiger partial charge in [-0.25, -0.2) is 0 Å². The standard InChI is InChI=1S/C14H27N3/c1-6-8-15-13(9-14(3,4)5)12-10-16-17(7-2)11-12/h10-11,13,15H,6-9H2,1-5H3. The van der Waals surface area contributed by atoms with Crippen LogP contribution in [0.15, 0.2) is 12.4 Å². The summed E-state index contributed by atoms with van der Waals surface area (Å²) in [7, 11) is 0. The Morgan fingerprint density at radius 1 is 1.35 bits per heavy atom. The summed E-state index contributed by atoms with van der Waals surface area (Å²) >= 11 is 0. The Balaban J connectivity index is 2.74. The van der Waals surface area contributed by atoms with Gasteiger partial charge in [0.15, 0.2) is 0 Å². The minimum Gasteiger partial charge on any atom is -0.310 e. The number of nitrogens with one attached hydrogen (secondary N) is 1. The van der Waals surface area contributed by atoms with Crippen LogP contribution < -0.4 is 5.32 Å². The second-order valence-electron chi connectivity index (χ2n) is 5.90. The Kier molecular flexibility index (Phi) is 5.19. The van der Waals surface area contributed by atoms with Crippen LogP contribution in [-0.2, 0) is 6.54 Å². The highest BCUT2D eigenvalue weighted by molar-refractivity contribution is 5.11. The van der Waals surface area contributed by atoms with Crippen molar-refractivity contribution in [3.05, 3.63) is 18.0 Å². The molecule has 0 aliphatic carbocycles. The van der Waals surface area contributed by atoms with E-state index in [1.54, 1.807) is 0 Å². The summed E-state index contributed by atoms with van der Waals surface area (Å²) < 4.78 is 2.00. The van der Waals surface area contributed by atoms with Crippen LogP contribution in [-0.4, -0.2) is 16.3 Å². The van der Waals surface area contributed by atoms with E-state index >= 15 is 0 Å². The molecule has 1 N–H and O–H groups in total. The lowest BCUT2D eigenvalue weighted by Gasteiger charge is -2.26. The van der Waals surface area contributed by atoms with Crippen LogP contribution in [0.2, 0.25) is 0 Å². The third-order valence-corrected chi connectivity index (χ3v) is 2.84. The predicted octanol–water partition coefficient (Wildman–Crippen LogP) is 3.38. The Morgan fingerprint density at radius 3 is 2.53 bits per heavy atom. The van der Waals surface area contributed by atoms with Crippen LogP contribution in [0.5, 0.6) is 0 Å². The SMILES string of the molecule is CCCNC(CC(C)(C)C)c1cnn(CC)c1. The van der Waals surface area contributed by atoms with Crippen LogP contribution in [0.3, 0.4) is 0 Å². The van der Waals surface area contributed by atoms with Gasteiger partial charge in [-0.15, -0.1) is 0 Å². The lowest BCUT2D eigenvalue weighted by Crippen LogP contribution is -2.26. The van der Waals surface area contributed by atoms with E-state index in [2.05, 4.69) is 51.2 Å². The molecule has 1 aromatic heterocycles. The second kappa shape index (κ2) is 6.20. The van der Waals surface area contributed by atoms with Gasteiger partial charge >= 0.3 is 0 Å². The van der Waals surface area contributed by atoms with Crippen molar-refractivity contribution in [3.63, 3.8) is 0 Å². The van der Waals surface area contributed by atoms with Crippen LogP contribution in [0.4, 0.5) is 0 Å². The Bertz CT molecular complexity index is 322. The summed E-state index contributed by atoms with van der Waals surface area (Å²) in [6, 6.07) is 0.426. The van der Waals surface area contributed by atoms with Gasteiger partial charge < -0.3 is 5.32 Å². The predicted molar refractivity (Wildman–Crippen MR) is 73.0 cm³/mol. The molecule has 0 aliphatic heterocycles. The van der Waals surface area contributed by atoms with Gasteiger partial charge in [0.25, 0.3) is 0 Å². The molecule has 0 aliphatic rings. The van der Waals surface area contributed by atoms with E-state index in [9.17, 15) is 0 Å². The van der Waals surface area contributed by atoms with Gasteiger partial charge in [0, 0.05) is 24.3 Å². The van der Waals surface area contributed by atoms with Crippen molar-refractivity contribution >= 4 is 0 Å². The maximum absolute atomic E-state index is 4.37. The summed E-state index contributed by atoms with van der Waals surface area (Å²) in [6.07, 6.45) is 6.48. The Labute approximate surface area is 106 Å². The van der Waals surface area contributed by atoms with Crippen LogP contribution in [0.1, 0.15) is 59.1 Å². The highest BCUT2D eigenvalue weighted by atomic mass is 15.3. The highest BCUT2D eigenvalue weighted by Crippen LogP contribution is 2.29. The van der Waals surface area contributed by atoms with E-state index in [4.69, 9.17) is 0 Å². The van der Waals surface area contributed by atoms with E-state index in [-0.39, 0.29) is 0 Å². The number of hydrogen-bond donors (Lipinski definition) is 1. The van der Waals surface area contributed by atoms with E-state index in [1.807, 2.05) is 10.9 Å². The van der Waals surface area contributed by atoms with Gasteiger partial charge in [-0.3, -0.25) is 4.68 Å². The monoisotopic (exact) mass is 237 g/mol. The Morgan fingerprint density at radius 2 is 2.06 bits per heavy atom. The molecular weight excluding hydrogens is 210 g/mol. The van der Waals surface area contributed by atoms with Gasteiger partial charge in [-0.05, 0) is 31.7 Å². The molecule has 1 rings (SSSR count). The van der Waals surface area contributed by atoms with E-state index in [1.165, 1.54) is 12.0 Å². The van der Waals surface area contributed by atoms with Crippen molar-refractivity contribution < 1.29 is 0 Å². The van der Waals surface area contributed by atoms with Gasteiger partial charge in [-0.1, -0.05) is 27.7 Å². The fourth-order valence-corrected chi connectivity index (χ4v) is 1.97. The van der Waals surface area contributed by atoms with Crippen LogP contribution >= 0.6 is 0 Å². The summed E-state index contributed by atoms with van der Waals surface area (Å²) in [4.78, 5) is 0. The molecule has 0 radical (unpaired) electrons. The Hall–Kier alpha value is -0.830. The molecule has 0 bridgehead atoms. The first kappa shape index (κ1) is 14.2. The average Bonchev–Trinajstić information content (AvgIpc) is 2.71. The third-order valence-electron chi connectivity index (χ3n) is 2.84. The average molecular weight is 237 g/mol. The summed E-state index contributed by atoms with van der Waals surface area (Å²) in [6.45, 7) is 13.2. The molecule has 0 saturated carbocycles. The van der Waals surface area contributed by atoms with E-state index < -0.39 is 0 Å². The zero-order valence-electron chi connectivity index (χ0n) is 12.0. The molecule has 1 unspecified atom stereocenters. The van der Waals surface area contributed by atoms with Crippen molar-refractivity contribution in [1.82, 2.24) is 15.1 Å². The van der Waals surface area contributed by atoms with Crippen LogP contribution in [0, 0.1) is 5.41 Å². The minimum atomic E-state index is 0.333. The minimum absolute atomic E-state index is 0.333. The van der Waals surface area contributed by atoms with E-state index in [0.717, 1.165) is 19.5 Å². The molecule has 0 aromatic carbocycles. The molecule has 0 fully saturated rings. The highest BCUT2D eigenvalue weighted by Gasteiger charge is 2.20. The fourth-order valence-electron chi connectivity index (χ4n) is 1.97. The van der Waals surface area contributed by atoms with Crippen molar-refractivity contribution in [2.45, 2.75) is 60.0 Å². The lowest BCUT2D eigenvalue weighted by atomic mass is 9.86. The van der Waals surface area contributed by atoms with Gasteiger partial charge in [0.2, 0.25) is 0 Å². The van der Waals surface area contributed by atoms with Crippen molar-refractivity contribution in [2.75, 3.05) is 6.54 Å². The first-order chi connectivity index (χ1) is 7.96. The molecule has 0 saturated heterocycles. The van der Waals surface area contributed by atoms with Crippen molar-refractivity contribution in [2.24, 2.45) is 5.41 Å². The third kappa shape index (κ3) is 4.90. The van der Waals surface area contributed by atoms with Crippen molar-refractivity contribution in [1.29, 1.82) is 0 Å². The number of rotatable bonds is 6. The molecule has 1 atom stereocenters. The number of aryl methyl sites for hydroxylation is 1. The first-order valence-corrected chi connectivity index (χ1v) is 6.72. The molecule has 0 amide bonds. The maximum Gasteiger partial charge on any atom is 0.0537 e. The largest absolute Gasteiger partial charge is 0.310 e. The first-order valence-electron chi connectivity index (χ1n) is 6.72. The molecular formula is C14H27N3. The fraction of sp³-hybridized carbons (Fsp3) is 0.786. The number of nitrogens with zero attached hydrogens (tertiary/aromatic N) is 2. The lowest BCUT2D eigenvalue weighted by molar-refractivity contribution is 0.311. The van der Waals surface area contributed by atoms with Gasteiger partial charge in [-0.2, -0.15) is 5.10 Å². The number of aromatic nitrogens is 2. The molecule has 3 heteroatoms. The molecule has 98 valence electrons. The zero-order chi connectivity index (χ0) is 12.9. The smallest absolute Gasteiger partial charge is 0.0537 e. The van der Waals surface area contributed by atoms with Gasteiger partial charge in [0.1, 0.15) is 0 Å². The van der Waals surface area contributed by atoms with Crippen molar-refractivity contribution in [3.8, 4) is 0 Å². The van der Waals surface area contributed by atoms with E-state index in [0.29, 0.717) is 11.5 Å². The van der Waals surface area contributed by atoms with Gasteiger partial charge in [0.05, 0.1) is 6.20 Å². The zero-order valence-corrected chi connectivity index (χ0v) is 12.0. The number of hydrogen-bond acceptors (Lipinski definition) is 2. The molecule has 3 nitrogen and oxygen atoms in total. The molecule has 0 spiro atoms. The maximum atomic E-state index is 4.37. The molecule has 1 heterocycles. The topological polar surface area (TPSA) is 29.9 Å². The summed E-state index contributed by atoms with van der Waals surface area (Å²) in [5.41, 5.74) is 1.65. The summed E-state index contributed by atoms with van der Waals surface area (Å²) in [5, 5.41) is 8.00.